The van der Waals surface area contributed by atoms with E-state index in [-0.39, 0.29) is 11.3 Å². The number of hydrogen-bond donors (Lipinski definition) is 1. The van der Waals surface area contributed by atoms with Gasteiger partial charge in [0.25, 0.3) is 0 Å². The highest BCUT2D eigenvalue weighted by molar-refractivity contribution is 6.17. The summed E-state index contributed by atoms with van der Waals surface area (Å²) < 4.78 is 9.06. The minimum atomic E-state index is -0.504. The van der Waals surface area contributed by atoms with Crippen LogP contribution in [0.2, 0.25) is 0 Å². The summed E-state index contributed by atoms with van der Waals surface area (Å²) in [6.45, 7) is 0. The fourth-order valence-corrected chi connectivity index (χ4v) is 0.774. The Labute approximate surface area is 75.6 Å². The second-order valence-electron chi connectivity index (χ2n) is 2.12. The van der Waals surface area contributed by atoms with E-state index in [1.54, 1.807) is 0 Å². The second kappa shape index (κ2) is 4.47. The maximum Gasteiger partial charge on any atom is 0.569 e. The summed E-state index contributed by atoms with van der Waals surface area (Å²) in [5, 5.41) is 8.32. The highest BCUT2D eigenvalue weighted by Crippen LogP contribution is 2.10. The monoisotopic (exact) mass is 180 g/mol. The summed E-state index contributed by atoms with van der Waals surface area (Å²) in [7, 11) is 1.78. The molecule has 1 aromatic heterocycles. The number of nitrogens with zero attached hydrogens (tertiary/aromatic N) is 1. The molecule has 0 unspecified atom stereocenters. The summed E-state index contributed by atoms with van der Waals surface area (Å²) in [5.41, 5.74) is 0.266. The topological polar surface area (TPSA) is 68.7 Å². The van der Waals surface area contributed by atoms with Crippen molar-refractivity contribution < 1.29 is 19.2 Å². The van der Waals surface area contributed by atoms with Crippen molar-refractivity contribution >= 4 is 13.7 Å². The predicted octanol–water partition coefficient (Wildman–Crippen LogP) is -0.227. The fourth-order valence-electron chi connectivity index (χ4n) is 0.774. The smallest absolute Gasteiger partial charge is 0.536 e. The van der Waals surface area contributed by atoms with E-state index in [9.17, 15) is 4.79 Å². The van der Waals surface area contributed by atoms with Gasteiger partial charge < -0.3 is 14.4 Å². The lowest BCUT2D eigenvalue weighted by molar-refractivity contribution is 0.0600. The number of aromatic nitrogens is 1. The Kier molecular flexibility index (Phi) is 3.27. The van der Waals surface area contributed by atoms with Crippen LogP contribution in [-0.4, -0.2) is 30.8 Å². The quantitative estimate of drug-likeness (QED) is 0.514. The van der Waals surface area contributed by atoms with E-state index < -0.39 is 5.97 Å². The Morgan fingerprint density at radius 2 is 2.38 bits per heavy atom. The highest BCUT2D eigenvalue weighted by atomic mass is 16.5. The van der Waals surface area contributed by atoms with Crippen LogP contribution in [0.15, 0.2) is 18.5 Å². The van der Waals surface area contributed by atoms with Crippen LogP contribution in [0.1, 0.15) is 10.4 Å². The van der Waals surface area contributed by atoms with E-state index in [1.807, 2.05) is 0 Å². The average molecular weight is 180 g/mol. The molecule has 0 spiro atoms. The van der Waals surface area contributed by atoms with Crippen molar-refractivity contribution in [3.05, 3.63) is 24.0 Å². The van der Waals surface area contributed by atoms with Gasteiger partial charge in [0.2, 0.25) is 0 Å². The number of ether oxygens (including phenoxy) is 1. The van der Waals surface area contributed by atoms with Crippen LogP contribution in [0.4, 0.5) is 0 Å². The number of hydrogen-bond acceptors (Lipinski definition) is 5. The Morgan fingerprint density at radius 3 is 3.00 bits per heavy atom. The van der Waals surface area contributed by atoms with E-state index in [0.717, 1.165) is 0 Å². The molecular formula is C7H7BNO4. The van der Waals surface area contributed by atoms with Gasteiger partial charge in [-0.25, -0.2) is 4.79 Å². The largest absolute Gasteiger partial charge is 0.569 e. The van der Waals surface area contributed by atoms with E-state index in [4.69, 9.17) is 5.02 Å². The molecule has 1 aromatic rings. The molecule has 0 aliphatic heterocycles. The molecule has 0 saturated carbocycles. The minimum absolute atomic E-state index is 0.266. The molecule has 5 nitrogen and oxygen atoms in total. The normalized spacial score (nSPS) is 9.08. The Hall–Kier alpha value is -1.56. The van der Waals surface area contributed by atoms with Gasteiger partial charge >= 0.3 is 13.7 Å². The summed E-state index contributed by atoms with van der Waals surface area (Å²) in [5.74, 6) is -0.235. The standard InChI is InChI=1S/C7H7BNO4/c1-12-7(10)5-2-6(13-8-11)4-9-3-5/h2-4,11H,1H3. The zero-order valence-electron chi connectivity index (χ0n) is 6.93. The van der Waals surface area contributed by atoms with Crippen molar-refractivity contribution in [2.75, 3.05) is 7.11 Å². The Bertz CT molecular complexity index is 304. The maximum absolute atomic E-state index is 11.0. The molecule has 0 aliphatic rings. The van der Waals surface area contributed by atoms with Crippen molar-refractivity contribution in [2.45, 2.75) is 0 Å². The van der Waals surface area contributed by atoms with Gasteiger partial charge in [0.15, 0.2) is 0 Å². The van der Waals surface area contributed by atoms with Crippen molar-refractivity contribution in [3.8, 4) is 5.75 Å². The van der Waals surface area contributed by atoms with Crippen molar-refractivity contribution in [3.63, 3.8) is 0 Å². The van der Waals surface area contributed by atoms with Crippen LogP contribution in [0.5, 0.6) is 5.75 Å². The molecule has 1 N–H and O–H groups in total. The number of esters is 1. The van der Waals surface area contributed by atoms with Gasteiger partial charge in [-0.05, 0) is 6.07 Å². The first-order valence-corrected chi connectivity index (χ1v) is 3.44. The summed E-state index contributed by atoms with van der Waals surface area (Å²) >= 11 is 0. The third-order valence-electron chi connectivity index (χ3n) is 1.32. The van der Waals surface area contributed by atoms with Crippen LogP contribution in [0, 0.1) is 0 Å². The molecule has 0 fully saturated rings. The Morgan fingerprint density at radius 1 is 1.62 bits per heavy atom. The molecule has 6 heteroatoms. The third-order valence-corrected chi connectivity index (χ3v) is 1.32. The molecule has 0 aromatic carbocycles. The van der Waals surface area contributed by atoms with Crippen LogP contribution in [0.3, 0.4) is 0 Å². The van der Waals surface area contributed by atoms with Crippen LogP contribution in [0.25, 0.3) is 0 Å². The van der Waals surface area contributed by atoms with Gasteiger partial charge in [0, 0.05) is 6.20 Å². The molecule has 67 valence electrons. The first kappa shape index (κ1) is 9.53. The van der Waals surface area contributed by atoms with Gasteiger partial charge in [-0.15, -0.1) is 0 Å². The van der Waals surface area contributed by atoms with Gasteiger partial charge in [0.1, 0.15) is 5.75 Å². The average Bonchev–Trinajstić information content (AvgIpc) is 2.18. The number of carbonyl (C=O) groups is 1. The predicted molar refractivity (Wildman–Crippen MR) is 44.2 cm³/mol. The highest BCUT2D eigenvalue weighted by Gasteiger charge is 2.06. The zero-order valence-corrected chi connectivity index (χ0v) is 6.93. The van der Waals surface area contributed by atoms with Gasteiger partial charge in [-0.2, -0.15) is 0 Å². The van der Waals surface area contributed by atoms with Gasteiger partial charge in [-0.3, -0.25) is 4.98 Å². The molecule has 1 heterocycles. The number of pyridine rings is 1. The second-order valence-corrected chi connectivity index (χ2v) is 2.12. The molecule has 1 rings (SSSR count). The third kappa shape index (κ3) is 2.45. The molecule has 0 atom stereocenters. The van der Waals surface area contributed by atoms with Gasteiger partial charge in [-0.1, -0.05) is 0 Å². The molecule has 0 amide bonds. The minimum Gasteiger partial charge on any atom is -0.536 e. The van der Waals surface area contributed by atoms with Crippen LogP contribution < -0.4 is 4.65 Å². The number of rotatable bonds is 3. The molecule has 1 radical (unpaired) electrons. The van der Waals surface area contributed by atoms with E-state index in [0.29, 0.717) is 7.69 Å². The number of methoxy groups -OCH3 is 1. The molecule has 0 saturated heterocycles. The summed E-state index contributed by atoms with van der Waals surface area (Å²) in [6, 6.07) is 1.41. The van der Waals surface area contributed by atoms with Crippen LogP contribution >= 0.6 is 0 Å². The van der Waals surface area contributed by atoms with Crippen molar-refractivity contribution in [1.82, 2.24) is 4.98 Å². The molecule has 0 aliphatic carbocycles. The zero-order chi connectivity index (χ0) is 9.68. The number of carbonyl (C=O) groups excluding carboxylic acids is 1. The van der Waals surface area contributed by atoms with Crippen molar-refractivity contribution in [2.24, 2.45) is 0 Å². The summed E-state index contributed by atoms with van der Waals surface area (Å²) in [6.07, 6.45) is 2.70. The molecule has 0 bridgehead atoms. The Balaban J connectivity index is 2.85. The van der Waals surface area contributed by atoms with E-state index in [1.165, 1.54) is 25.6 Å². The first-order valence-electron chi connectivity index (χ1n) is 3.44. The van der Waals surface area contributed by atoms with E-state index in [2.05, 4.69) is 14.4 Å². The maximum atomic E-state index is 11.0. The lowest BCUT2D eigenvalue weighted by atomic mass is 10.3. The lowest BCUT2D eigenvalue weighted by Gasteiger charge is -2.02. The first-order chi connectivity index (χ1) is 6.27. The summed E-state index contributed by atoms with van der Waals surface area (Å²) in [4.78, 5) is 14.7. The molecule has 13 heavy (non-hydrogen) atoms. The molecular weight excluding hydrogens is 173 g/mol. The van der Waals surface area contributed by atoms with Crippen LogP contribution in [-0.2, 0) is 4.74 Å². The fraction of sp³-hybridized carbons (Fsp3) is 0.143. The SMILES string of the molecule is COC(=O)c1cncc(O[B]O)c1. The van der Waals surface area contributed by atoms with Crippen molar-refractivity contribution in [1.29, 1.82) is 0 Å². The lowest BCUT2D eigenvalue weighted by Crippen LogP contribution is -2.04. The van der Waals surface area contributed by atoms with Gasteiger partial charge in [0.05, 0.1) is 18.9 Å². The van der Waals surface area contributed by atoms with E-state index >= 15 is 0 Å².